The first kappa shape index (κ1) is 21.2. The van der Waals surface area contributed by atoms with E-state index in [-0.39, 0.29) is 16.9 Å². The fraction of sp³-hybridized carbons (Fsp3) is 0.167. The van der Waals surface area contributed by atoms with E-state index < -0.39 is 0 Å². The SMILES string of the molecule is CCC(Sc1ncnc2scc(-c3ccccc3)c12)C(=O)Nc1cccc(C(C)=O)c1. The number of thioether (sulfide) groups is 1. The Bertz CT molecular complexity index is 1240. The van der Waals surface area contributed by atoms with E-state index in [0.29, 0.717) is 17.7 Å². The standard InChI is InChI=1S/C24H21N3O2S2/c1-3-20(22(29)27-18-11-7-10-17(12-18)15(2)28)31-24-21-19(16-8-5-4-6-9-16)13-30-23(21)25-14-26-24/h4-14,20H,3H2,1-2H3,(H,27,29). The lowest BCUT2D eigenvalue weighted by molar-refractivity contribution is -0.115. The number of carbonyl (C=O) groups is 2. The van der Waals surface area contributed by atoms with Crippen molar-refractivity contribution in [3.8, 4) is 11.1 Å². The summed E-state index contributed by atoms with van der Waals surface area (Å²) in [7, 11) is 0. The molecule has 4 aromatic rings. The molecule has 1 unspecified atom stereocenters. The largest absolute Gasteiger partial charge is 0.325 e. The van der Waals surface area contributed by atoms with Gasteiger partial charge in [-0.2, -0.15) is 0 Å². The number of ketones is 1. The summed E-state index contributed by atoms with van der Waals surface area (Å²) in [5.74, 6) is -0.150. The molecule has 0 spiro atoms. The minimum Gasteiger partial charge on any atom is -0.325 e. The molecule has 1 amide bonds. The highest BCUT2D eigenvalue weighted by Gasteiger charge is 2.22. The zero-order valence-electron chi connectivity index (χ0n) is 17.2. The molecule has 31 heavy (non-hydrogen) atoms. The summed E-state index contributed by atoms with van der Waals surface area (Å²) < 4.78 is 0. The minimum atomic E-state index is -0.331. The van der Waals surface area contributed by atoms with Crippen molar-refractivity contribution in [3.63, 3.8) is 0 Å². The number of anilines is 1. The van der Waals surface area contributed by atoms with Gasteiger partial charge in [0.25, 0.3) is 0 Å². The molecule has 2 aromatic heterocycles. The molecule has 5 nitrogen and oxygen atoms in total. The van der Waals surface area contributed by atoms with Crippen molar-refractivity contribution < 1.29 is 9.59 Å². The monoisotopic (exact) mass is 447 g/mol. The number of carbonyl (C=O) groups excluding carboxylic acids is 2. The first-order valence-electron chi connectivity index (χ1n) is 9.93. The number of Topliss-reactive ketones (excluding diaryl/α,β-unsaturated/α-hetero) is 1. The predicted octanol–water partition coefficient (Wildman–Crippen LogP) is 6.07. The summed E-state index contributed by atoms with van der Waals surface area (Å²) >= 11 is 3.02. The van der Waals surface area contributed by atoms with Gasteiger partial charge in [-0.15, -0.1) is 11.3 Å². The molecule has 0 aliphatic rings. The van der Waals surface area contributed by atoms with Crippen LogP contribution in [-0.4, -0.2) is 26.9 Å². The van der Waals surface area contributed by atoms with Crippen molar-refractivity contribution in [2.75, 3.05) is 5.32 Å². The van der Waals surface area contributed by atoms with Crippen LogP contribution in [0.2, 0.25) is 0 Å². The Kier molecular flexibility index (Phi) is 6.44. The number of hydrogen-bond acceptors (Lipinski definition) is 6. The molecule has 0 saturated carbocycles. The van der Waals surface area contributed by atoms with Crippen molar-refractivity contribution >= 4 is 50.7 Å². The van der Waals surface area contributed by atoms with Gasteiger partial charge < -0.3 is 5.32 Å². The Hall–Kier alpha value is -3.03. The van der Waals surface area contributed by atoms with Crippen molar-refractivity contribution in [1.29, 1.82) is 0 Å². The van der Waals surface area contributed by atoms with Gasteiger partial charge in [0.2, 0.25) is 5.91 Å². The highest BCUT2D eigenvalue weighted by atomic mass is 32.2. The van der Waals surface area contributed by atoms with E-state index in [1.54, 1.807) is 41.9 Å². The van der Waals surface area contributed by atoms with Crippen LogP contribution in [0.3, 0.4) is 0 Å². The maximum Gasteiger partial charge on any atom is 0.237 e. The molecule has 0 fully saturated rings. The summed E-state index contributed by atoms with van der Waals surface area (Å²) in [6.07, 6.45) is 2.19. The van der Waals surface area contributed by atoms with Crippen LogP contribution in [0, 0.1) is 0 Å². The first-order chi connectivity index (χ1) is 15.1. The molecule has 0 aliphatic carbocycles. The second-order valence-corrected chi connectivity index (χ2v) is 9.06. The Morgan fingerprint density at radius 3 is 2.65 bits per heavy atom. The van der Waals surface area contributed by atoms with Gasteiger partial charge in [0, 0.05) is 22.2 Å². The maximum atomic E-state index is 13.0. The normalized spacial score (nSPS) is 11.9. The molecular formula is C24H21N3O2S2. The van der Waals surface area contributed by atoms with Gasteiger partial charge in [0.15, 0.2) is 5.78 Å². The van der Waals surface area contributed by atoms with Crippen LogP contribution in [-0.2, 0) is 4.79 Å². The quantitative estimate of drug-likeness (QED) is 0.211. The van der Waals surface area contributed by atoms with E-state index in [1.807, 2.05) is 25.1 Å². The number of benzene rings is 2. The fourth-order valence-corrected chi connectivity index (χ4v) is 5.28. The molecule has 0 saturated heterocycles. The molecule has 156 valence electrons. The lowest BCUT2D eigenvalue weighted by Crippen LogP contribution is -2.24. The first-order valence-corrected chi connectivity index (χ1v) is 11.7. The zero-order valence-corrected chi connectivity index (χ0v) is 18.8. The van der Waals surface area contributed by atoms with Gasteiger partial charge in [0.1, 0.15) is 16.2 Å². The second kappa shape index (κ2) is 9.41. The predicted molar refractivity (Wildman–Crippen MR) is 128 cm³/mol. The number of hydrogen-bond donors (Lipinski definition) is 1. The van der Waals surface area contributed by atoms with E-state index in [9.17, 15) is 9.59 Å². The lowest BCUT2D eigenvalue weighted by Gasteiger charge is -2.15. The number of nitrogens with zero attached hydrogens (tertiary/aromatic N) is 2. The van der Waals surface area contributed by atoms with E-state index >= 15 is 0 Å². The number of thiophene rings is 1. The lowest BCUT2D eigenvalue weighted by atomic mass is 10.1. The van der Waals surface area contributed by atoms with Gasteiger partial charge in [-0.25, -0.2) is 9.97 Å². The van der Waals surface area contributed by atoms with Gasteiger partial charge in [-0.1, -0.05) is 61.2 Å². The van der Waals surface area contributed by atoms with Crippen molar-refractivity contribution in [3.05, 3.63) is 71.9 Å². The summed E-state index contributed by atoms with van der Waals surface area (Å²) in [6.45, 7) is 3.49. The topological polar surface area (TPSA) is 72.0 Å². The summed E-state index contributed by atoms with van der Waals surface area (Å²) in [4.78, 5) is 34.5. The molecule has 1 N–H and O–H groups in total. The molecule has 2 aromatic carbocycles. The van der Waals surface area contributed by atoms with Crippen LogP contribution in [0.4, 0.5) is 5.69 Å². The van der Waals surface area contributed by atoms with Crippen LogP contribution in [0.1, 0.15) is 30.6 Å². The maximum absolute atomic E-state index is 13.0. The van der Waals surface area contributed by atoms with Crippen molar-refractivity contribution in [1.82, 2.24) is 9.97 Å². The zero-order chi connectivity index (χ0) is 21.8. The summed E-state index contributed by atoms with van der Waals surface area (Å²) in [6, 6.07) is 17.1. The molecule has 4 rings (SSSR count). The Labute approximate surface area is 188 Å². The molecule has 1 atom stereocenters. The van der Waals surface area contributed by atoms with E-state index in [2.05, 4.69) is 32.8 Å². The minimum absolute atomic E-state index is 0.0354. The number of rotatable bonds is 7. The average molecular weight is 448 g/mol. The third-order valence-electron chi connectivity index (χ3n) is 4.87. The molecular weight excluding hydrogens is 426 g/mol. The van der Waals surface area contributed by atoms with E-state index in [1.165, 1.54) is 18.7 Å². The van der Waals surface area contributed by atoms with E-state index in [4.69, 9.17) is 0 Å². The summed E-state index contributed by atoms with van der Waals surface area (Å²) in [5, 5.41) is 6.48. The van der Waals surface area contributed by atoms with Crippen LogP contribution < -0.4 is 5.32 Å². The van der Waals surface area contributed by atoms with Gasteiger partial charge >= 0.3 is 0 Å². The van der Waals surface area contributed by atoms with Crippen LogP contribution in [0.25, 0.3) is 21.3 Å². The Morgan fingerprint density at radius 1 is 1.10 bits per heavy atom. The third-order valence-corrected chi connectivity index (χ3v) is 7.13. The van der Waals surface area contributed by atoms with E-state index in [0.717, 1.165) is 26.4 Å². The van der Waals surface area contributed by atoms with Crippen molar-refractivity contribution in [2.24, 2.45) is 0 Å². The fourth-order valence-electron chi connectivity index (χ4n) is 3.26. The Morgan fingerprint density at radius 2 is 1.90 bits per heavy atom. The van der Waals surface area contributed by atoms with Gasteiger partial charge in [-0.3, -0.25) is 9.59 Å². The Balaban J connectivity index is 1.61. The van der Waals surface area contributed by atoms with Crippen LogP contribution in [0.5, 0.6) is 0 Å². The van der Waals surface area contributed by atoms with Crippen molar-refractivity contribution in [2.45, 2.75) is 30.5 Å². The second-order valence-electron chi connectivity index (χ2n) is 7.02. The number of nitrogens with one attached hydrogen (secondary N) is 1. The molecule has 0 aliphatic heterocycles. The highest BCUT2D eigenvalue weighted by molar-refractivity contribution is 8.00. The van der Waals surface area contributed by atoms with Gasteiger partial charge in [-0.05, 0) is 31.0 Å². The number of amides is 1. The highest BCUT2D eigenvalue weighted by Crippen LogP contribution is 2.39. The van der Waals surface area contributed by atoms with Crippen LogP contribution in [0.15, 0.2) is 71.3 Å². The average Bonchev–Trinajstić information content (AvgIpc) is 3.23. The summed E-state index contributed by atoms with van der Waals surface area (Å²) in [5.41, 5.74) is 3.36. The smallest absolute Gasteiger partial charge is 0.237 e. The molecule has 7 heteroatoms. The van der Waals surface area contributed by atoms with Gasteiger partial charge in [0.05, 0.1) is 10.6 Å². The molecule has 0 bridgehead atoms. The number of fused-ring (bicyclic) bond motifs is 1. The van der Waals surface area contributed by atoms with Crippen LogP contribution >= 0.6 is 23.1 Å². The molecule has 2 heterocycles. The number of aromatic nitrogens is 2. The third kappa shape index (κ3) is 4.68. The molecule has 0 radical (unpaired) electrons.